The van der Waals surface area contributed by atoms with Crippen molar-refractivity contribution in [3.8, 4) is 0 Å². The molecule has 0 radical (unpaired) electrons. The van der Waals surface area contributed by atoms with Gasteiger partial charge in [0, 0.05) is 0 Å². The van der Waals surface area contributed by atoms with Crippen LogP contribution in [0.5, 0.6) is 0 Å². The minimum Gasteiger partial charge on any atom is -0.462 e. The first kappa shape index (κ1) is 20.8. The van der Waals surface area contributed by atoms with Crippen LogP contribution in [0.15, 0.2) is 20.1 Å². The molecule has 6 nitrogen and oxygen atoms in total. The second kappa shape index (κ2) is 8.71. The van der Waals surface area contributed by atoms with Gasteiger partial charge in [-0.05, 0) is 43.7 Å². The average Bonchev–Trinajstić information content (AvgIpc) is 2.49. The highest BCUT2D eigenvalue weighted by atomic mass is 79.9. The smallest absolute Gasteiger partial charge is 0.343 e. The lowest BCUT2D eigenvalue weighted by atomic mass is 9.97. The Bertz CT molecular complexity index is 587. The molecule has 1 rings (SSSR count). The third-order valence-corrected chi connectivity index (χ3v) is 4.31. The number of halogens is 2. The molecule has 0 spiro atoms. The van der Waals surface area contributed by atoms with Gasteiger partial charge in [0.25, 0.3) is 0 Å². The summed E-state index contributed by atoms with van der Waals surface area (Å²) in [6.45, 7) is 7.56. The first-order valence-electron chi connectivity index (χ1n) is 7.31. The molecule has 0 aromatic carbocycles. The number of carbonyl (C=O) groups excluding carboxylic acids is 4. The number of ether oxygens (including phenoxy) is 2. The Kier molecular flexibility index (Phi) is 7.54. The Labute approximate surface area is 156 Å². The molecule has 0 aromatic heterocycles. The van der Waals surface area contributed by atoms with Gasteiger partial charge in [0.05, 0.1) is 22.2 Å². The predicted molar refractivity (Wildman–Crippen MR) is 93.5 cm³/mol. The molecule has 1 aliphatic rings. The van der Waals surface area contributed by atoms with E-state index < -0.39 is 34.7 Å². The summed E-state index contributed by atoms with van der Waals surface area (Å²) in [5.74, 6) is -3.29. The van der Waals surface area contributed by atoms with Gasteiger partial charge in [0.15, 0.2) is 0 Å². The van der Waals surface area contributed by atoms with Gasteiger partial charge in [-0.1, -0.05) is 27.7 Å². The molecule has 132 valence electrons. The lowest BCUT2D eigenvalue weighted by Crippen LogP contribution is -2.30. The first-order chi connectivity index (χ1) is 11.1. The van der Waals surface area contributed by atoms with E-state index in [0.717, 1.165) is 0 Å². The number of Topliss-reactive ketones (excluding diaryl/α,β-unsaturated/α-hetero) is 2. The largest absolute Gasteiger partial charge is 0.462 e. The fourth-order valence-corrected chi connectivity index (χ4v) is 2.72. The quantitative estimate of drug-likeness (QED) is 0.340. The molecule has 0 saturated carbocycles. The molecular weight excluding hydrogens is 448 g/mol. The number of hydrogen-bond donors (Lipinski definition) is 0. The van der Waals surface area contributed by atoms with Crippen LogP contribution in [0.3, 0.4) is 0 Å². The maximum atomic E-state index is 12.4. The standard InChI is InChI=1S/C16H18Br2O6/c1-7(2)5-23-15(21)9-11(17)14(20)10(12(18)13(9)19)16(22)24-6-8(3)4/h7-8H,5-6H2,1-4H3. The van der Waals surface area contributed by atoms with Gasteiger partial charge in [0.1, 0.15) is 11.1 Å². The van der Waals surface area contributed by atoms with E-state index in [9.17, 15) is 19.2 Å². The number of hydrogen-bond acceptors (Lipinski definition) is 6. The summed E-state index contributed by atoms with van der Waals surface area (Å²) in [5.41, 5.74) is -0.874. The molecule has 24 heavy (non-hydrogen) atoms. The highest BCUT2D eigenvalue weighted by Gasteiger charge is 2.40. The van der Waals surface area contributed by atoms with E-state index >= 15 is 0 Å². The summed E-state index contributed by atoms with van der Waals surface area (Å²) >= 11 is 5.86. The van der Waals surface area contributed by atoms with Crippen molar-refractivity contribution in [2.24, 2.45) is 11.8 Å². The molecular formula is C16H18Br2O6. The predicted octanol–water partition coefficient (Wildman–Crippen LogP) is 2.83. The second-order valence-electron chi connectivity index (χ2n) is 6.02. The van der Waals surface area contributed by atoms with Crippen LogP contribution in [0.2, 0.25) is 0 Å². The maximum Gasteiger partial charge on any atom is 0.343 e. The summed E-state index contributed by atoms with van der Waals surface area (Å²) in [5, 5.41) is 0. The Morgan fingerprint density at radius 3 is 1.33 bits per heavy atom. The van der Waals surface area contributed by atoms with Crippen LogP contribution in [-0.2, 0) is 28.7 Å². The Morgan fingerprint density at radius 1 is 0.792 bits per heavy atom. The lowest BCUT2D eigenvalue weighted by molar-refractivity contribution is -0.143. The first-order valence-corrected chi connectivity index (χ1v) is 8.89. The molecule has 0 atom stereocenters. The molecule has 8 heteroatoms. The Balaban J connectivity index is 3.09. The number of esters is 2. The van der Waals surface area contributed by atoms with Gasteiger partial charge in [-0.2, -0.15) is 0 Å². The summed E-state index contributed by atoms with van der Waals surface area (Å²) in [4.78, 5) is 48.9. The summed E-state index contributed by atoms with van der Waals surface area (Å²) in [7, 11) is 0. The van der Waals surface area contributed by atoms with Crippen molar-refractivity contribution >= 4 is 55.4 Å². The van der Waals surface area contributed by atoms with Crippen LogP contribution in [0.25, 0.3) is 0 Å². The Hall–Kier alpha value is -1.28. The molecule has 0 fully saturated rings. The van der Waals surface area contributed by atoms with E-state index in [1.165, 1.54) is 0 Å². The summed E-state index contributed by atoms with van der Waals surface area (Å²) < 4.78 is 9.38. The third kappa shape index (κ3) is 4.86. The number of carbonyl (C=O) groups is 4. The van der Waals surface area contributed by atoms with E-state index in [1.54, 1.807) is 0 Å². The second-order valence-corrected chi connectivity index (χ2v) is 7.61. The van der Waals surface area contributed by atoms with Crippen molar-refractivity contribution in [3.05, 3.63) is 20.1 Å². The minimum absolute atomic E-state index is 0.0725. The minimum atomic E-state index is -0.916. The van der Waals surface area contributed by atoms with Crippen molar-refractivity contribution < 1.29 is 28.7 Å². The van der Waals surface area contributed by atoms with E-state index in [4.69, 9.17) is 9.47 Å². The van der Waals surface area contributed by atoms with Crippen LogP contribution >= 0.6 is 31.9 Å². The van der Waals surface area contributed by atoms with Crippen molar-refractivity contribution in [2.75, 3.05) is 13.2 Å². The molecule has 0 aliphatic heterocycles. The van der Waals surface area contributed by atoms with Crippen molar-refractivity contribution in [1.29, 1.82) is 0 Å². The van der Waals surface area contributed by atoms with E-state index in [2.05, 4.69) is 31.9 Å². The van der Waals surface area contributed by atoms with Gasteiger partial charge in [-0.15, -0.1) is 0 Å². The summed E-state index contributed by atoms with van der Waals surface area (Å²) in [6, 6.07) is 0. The van der Waals surface area contributed by atoms with Crippen LogP contribution in [0, 0.1) is 11.8 Å². The fourth-order valence-electron chi connectivity index (χ4n) is 1.64. The zero-order chi connectivity index (χ0) is 18.6. The molecule has 0 amide bonds. The van der Waals surface area contributed by atoms with E-state index in [-0.39, 0.29) is 34.0 Å². The van der Waals surface area contributed by atoms with Crippen LogP contribution in [-0.4, -0.2) is 36.7 Å². The van der Waals surface area contributed by atoms with E-state index in [0.29, 0.717) is 0 Å². The van der Waals surface area contributed by atoms with Gasteiger partial charge in [-0.25, -0.2) is 9.59 Å². The molecule has 0 N–H and O–H groups in total. The maximum absolute atomic E-state index is 12.4. The topological polar surface area (TPSA) is 86.7 Å². The number of rotatable bonds is 6. The molecule has 0 saturated heterocycles. The molecule has 0 unspecified atom stereocenters. The van der Waals surface area contributed by atoms with Crippen LogP contribution < -0.4 is 0 Å². The zero-order valence-corrected chi connectivity index (χ0v) is 16.9. The van der Waals surface area contributed by atoms with Gasteiger partial charge in [0.2, 0.25) is 11.6 Å². The molecule has 0 heterocycles. The molecule has 1 aliphatic carbocycles. The van der Waals surface area contributed by atoms with Crippen molar-refractivity contribution in [3.63, 3.8) is 0 Å². The molecule has 0 bridgehead atoms. The van der Waals surface area contributed by atoms with E-state index in [1.807, 2.05) is 27.7 Å². The monoisotopic (exact) mass is 464 g/mol. The van der Waals surface area contributed by atoms with Gasteiger partial charge >= 0.3 is 11.9 Å². The Morgan fingerprint density at radius 2 is 1.08 bits per heavy atom. The SMILES string of the molecule is CC(C)COC(=O)C1=C(Br)C(=O)C(C(=O)OCC(C)C)=C(Br)C1=O. The van der Waals surface area contributed by atoms with Crippen LogP contribution in [0.1, 0.15) is 27.7 Å². The third-order valence-electron chi connectivity index (χ3n) is 2.80. The number of allylic oxidation sites excluding steroid dienone is 2. The van der Waals surface area contributed by atoms with Crippen molar-refractivity contribution in [2.45, 2.75) is 27.7 Å². The highest BCUT2D eigenvalue weighted by Crippen LogP contribution is 2.32. The fraction of sp³-hybridized carbons (Fsp3) is 0.500. The summed E-state index contributed by atoms with van der Waals surface area (Å²) in [6.07, 6.45) is 0. The van der Waals surface area contributed by atoms with Crippen molar-refractivity contribution in [1.82, 2.24) is 0 Å². The van der Waals surface area contributed by atoms with Gasteiger partial charge < -0.3 is 9.47 Å². The molecule has 0 aromatic rings. The highest BCUT2D eigenvalue weighted by molar-refractivity contribution is 9.12. The normalized spacial score (nSPS) is 15.5. The lowest BCUT2D eigenvalue weighted by Gasteiger charge is -2.17. The zero-order valence-electron chi connectivity index (χ0n) is 13.8. The van der Waals surface area contributed by atoms with Gasteiger partial charge in [-0.3, -0.25) is 9.59 Å². The average molecular weight is 466 g/mol. The number of ketones is 2. The van der Waals surface area contributed by atoms with Crippen LogP contribution in [0.4, 0.5) is 0 Å².